The Labute approximate surface area is 194 Å². The van der Waals surface area contributed by atoms with Gasteiger partial charge in [0.05, 0.1) is 31.6 Å². The monoisotopic (exact) mass is 472 g/mol. The molecule has 1 aliphatic rings. The number of hydrogen-bond donors (Lipinski definition) is 1. The van der Waals surface area contributed by atoms with Crippen molar-refractivity contribution in [1.82, 2.24) is 9.21 Å². The molecule has 1 amide bonds. The second-order valence-corrected chi connectivity index (χ2v) is 10.8. The molecule has 1 N–H and O–H groups in total. The maximum Gasteiger partial charge on any atom is 0.291 e. The molecule has 0 radical (unpaired) electrons. The molecule has 1 fully saturated rings. The number of carbonyl (C=O) groups is 3. The summed E-state index contributed by atoms with van der Waals surface area (Å²) in [6.07, 6.45) is 0.697. The molecular formula is C24H30N3O5S+. The highest BCUT2D eigenvalue weighted by Crippen LogP contribution is 2.38. The molecule has 0 aromatic heterocycles. The van der Waals surface area contributed by atoms with Crippen LogP contribution in [0, 0.1) is 5.92 Å². The number of amides is 1. The van der Waals surface area contributed by atoms with Crippen LogP contribution in [-0.2, 0) is 19.6 Å². The van der Waals surface area contributed by atoms with Crippen LogP contribution in [0.1, 0.15) is 28.4 Å². The van der Waals surface area contributed by atoms with Crippen LogP contribution in [0.5, 0.6) is 0 Å². The van der Waals surface area contributed by atoms with Gasteiger partial charge >= 0.3 is 0 Å². The molecular weight excluding hydrogens is 442 g/mol. The van der Waals surface area contributed by atoms with E-state index in [4.69, 9.17) is 0 Å². The lowest BCUT2D eigenvalue weighted by atomic mass is 9.86. The van der Waals surface area contributed by atoms with Gasteiger partial charge in [-0.15, -0.1) is 0 Å². The van der Waals surface area contributed by atoms with E-state index in [1.54, 1.807) is 0 Å². The topological polar surface area (TPSA) is 96.3 Å². The number of nitrogens with one attached hydrogen (secondary N) is 1. The molecule has 2 aromatic carbocycles. The van der Waals surface area contributed by atoms with Gasteiger partial charge in [0.1, 0.15) is 5.92 Å². The van der Waals surface area contributed by atoms with Crippen LogP contribution in [0.15, 0.2) is 59.5 Å². The third-order valence-electron chi connectivity index (χ3n) is 5.82. The van der Waals surface area contributed by atoms with Gasteiger partial charge in [-0.05, 0) is 17.7 Å². The zero-order valence-corrected chi connectivity index (χ0v) is 20.1. The second-order valence-electron chi connectivity index (χ2n) is 8.68. The van der Waals surface area contributed by atoms with E-state index < -0.39 is 39.5 Å². The molecule has 2 aromatic rings. The van der Waals surface area contributed by atoms with Crippen molar-refractivity contribution in [1.29, 1.82) is 0 Å². The first kappa shape index (κ1) is 24.8. The highest BCUT2D eigenvalue weighted by atomic mass is 32.2. The highest BCUT2D eigenvalue weighted by molar-refractivity contribution is 7.89. The Morgan fingerprint density at radius 1 is 1.00 bits per heavy atom. The minimum Gasteiger partial charge on any atom is -0.340 e. The van der Waals surface area contributed by atoms with Crippen molar-refractivity contribution in [2.75, 3.05) is 41.3 Å². The van der Waals surface area contributed by atoms with Gasteiger partial charge in [-0.2, -0.15) is 0 Å². The first-order valence-corrected chi connectivity index (χ1v) is 12.2. The Morgan fingerprint density at radius 3 is 2.15 bits per heavy atom. The largest absolute Gasteiger partial charge is 0.340 e. The molecule has 2 unspecified atom stereocenters. The highest BCUT2D eigenvalue weighted by Gasteiger charge is 2.51. The quantitative estimate of drug-likeness (QED) is 0.324. The molecule has 3 rings (SSSR count). The first-order valence-electron chi connectivity index (χ1n) is 10.8. The van der Waals surface area contributed by atoms with E-state index in [9.17, 15) is 22.8 Å². The minimum atomic E-state index is -3.65. The van der Waals surface area contributed by atoms with Gasteiger partial charge < -0.3 is 9.80 Å². The number of rotatable bonds is 9. The van der Waals surface area contributed by atoms with Crippen molar-refractivity contribution in [2.24, 2.45) is 5.92 Å². The molecule has 1 aliphatic heterocycles. The fourth-order valence-electron chi connectivity index (χ4n) is 4.03. The molecule has 33 heavy (non-hydrogen) atoms. The predicted octanol–water partition coefficient (Wildman–Crippen LogP) is 0.423. The summed E-state index contributed by atoms with van der Waals surface area (Å²) >= 11 is 0. The smallest absolute Gasteiger partial charge is 0.291 e. The summed E-state index contributed by atoms with van der Waals surface area (Å²) in [7, 11) is 3.23. The van der Waals surface area contributed by atoms with Crippen molar-refractivity contribution in [3.8, 4) is 0 Å². The van der Waals surface area contributed by atoms with Crippen LogP contribution in [-0.4, -0.2) is 76.4 Å². The molecule has 0 saturated carbocycles. The average Bonchev–Trinajstić information content (AvgIpc) is 3.04. The van der Waals surface area contributed by atoms with Crippen molar-refractivity contribution >= 4 is 27.5 Å². The van der Waals surface area contributed by atoms with Gasteiger partial charge in [0, 0.05) is 32.6 Å². The van der Waals surface area contributed by atoms with Gasteiger partial charge in [0.15, 0.2) is 5.78 Å². The summed E-state index contributed by atoms with van der Waals surface area (Å²) in [5.41, 5.74) is 0.915. The van der Waals surface area contributed by atoms with Crippen LogP contribution < -0.4 is 4.90 Å². The van der Waals surface area contributed by atoms with Gasteiger partial charge in [0.25, 0.3) is 5.91 Å². The molecule has 1 saturated heterocycles. The van der Waals surface area contributed by atoms with Gasteiger partial charge in [-0.3, -0.25) is 14.4 Å². The van der Waals surface area contributed by atoms with E-state index in [0.717, 1.165) is 16.4 Å². The molecule has 2 atom stereocenters. The molecule has 0 spiro atoms. The Kier molecular flexibility index (Phi) is 7.46. The number of quaternary nitrogens is 1. The fraction of sp³-hybridized carbons (Fsp3) is 0.375. The normalized spacial score (nSPS) is 19.0. The van der Waals surface area contributed by atoms with Gasteiger partial charge in [-0.25, -0.2) is 12.7 Å². The van der Waals surface area contributed by atoms with E-state index >= 15 is 0 Å². The van der Waals surface area contributed by atoms with Crippen molar-refractivity contribution in [3.05, 3.63) is 65.7 Å². The van der Waals surface area contributed by atoms with Crippen molar-refractivity contribution in [2.45, 2.75) is 17.4 Å². The van der Waals surface area contributed by atoms with Crippen LogP contribution in [0.2, 0.25) is 0 Å². The Balaban J connectivity index is 1.96. The van der Waals surface area contributed by atoms with Crippen LogP contribution in [0.4, 0.5) is 0 Å². The predicted molar refractivity (Wildman–Crippen MR) is 123 cm³/mol. The van der Waals surface area contributed by atoms with E-state index in [1.807, 2.05) is 44.4 Å². The maximum atomic E-state index is 13.4. The van der Waals surface area contributed by atoms with Crippen LogP contribution >= 0.6 is 0 Å². The van der Waals surface area contributed by atoms with Crippen LogP contribution in [0.25, 0.3) is 0 Å². The zero-order valence-electron chi connectivity index (χ0n) is 19.3. The van der Waals surface area contributed by atoms with E-state index in [-0.39, 0.29) is 10.5 Å². The minimum absolute atomic E-state index is 0.0466. The number of hydrogen-bond acceptors (Lipinski definition) is 5. The Morgan fingerprint density at radius 2 is 1.61 bits per heavy atom. The third kappa shape index (κ3) is 5.05. The van der Waals surface area contributed by atoms with E-state index in [0.29, 0.717) is 13.0 Å². The van der Waals surface area contributed by atoms with E-state index in [2.05, 4.69) is 0 Å². The summed E-state index contributed by atoms with van der Waals surface area (Å²) in [6, 6.07) is 13.9. The lowest BCUT2D eigenvalue weighted by molar-refractivity contribution is -0.858. The number of nitrogens with zero attached hydrogens (tertiary/aromatic N) is 2. The molecule has 9 heteroatoms. The third-order valence-corrected chi connectivity index (χ3v) is 7.65. The van der Waals surface area contributed by atoms with Crippen molar-refractivity contribution < 1.29 is 27.7 Å². The number of likely N-dealkylation sites (tertiary alicyclic amines) is 1. The summed E-state index contributed by atoms with van der Waals surface area (Å²) in [6.45, 7) is 1.19. The molecule has 1 heterocycles. The number of sulfonamides is 1. The van der Waals surface area contributed by atoms with Crippen LogP contribution in [0.3, 0.4) is 0 Å². The zero-order chi connectivity index (χ0) is 24.3. The lowest BCUT2D eigenvalue weighted by Gasteiger charge is -2.27. The molecule has 176 valence electrons. The maximum absolute atomic E-state index is 13.4. The van der Waals surface area contributed by atoms with Crippen molar-refractivity contribution in [3.63, 3.8) is 0 Å². The van der Waals surface area contributed by atoms with Gasteiger partial charge in [0.2, 0.25) is 15.8 Å². The number of ketones is 2. The van der Waals surface area contributed by atoms with Gasteiger partial charge in [-0.1, -0.05) is 42.5 Å². The Bertz CT molecular complexity index is 1130. The fourth-order valence-corrected chi connectivity index (χ4v) is 4.94. The summed E-state index contributed by atoms with van der Waals surface area (Å²) in [4.78, 5) is 42.1. The number of benzene rings is 2. The lowest BCUT2D eigenvalue weighted by Crippen LogP contribution is -3.05. The first-order chi connectivity index (χ1) is 15.6. The Hall–Kier alpha value is -2.88. The molecule has 0 bridgehead atoms. The summed E-state index contributed by atoms with van der Waals surface area (Å²) in [5, 5.41) is 0. The standard InChI is InChI=1S/C24H29N3O5S/c1-25(2)15-8-16-27-21(17-9-6-5-7-10-17)20(23(29)24(27)30)22(28)18-11-13-19(14-12-18)33(31,32)26(3)4/h5-7,9-14,20-21H,8,15-16H2,1-4H3/p+1. The molecule has 8 nitrogen and oxygen atoms in total. The SMILES string of the molecule is CN(C)S(=O)(=O)c1ccc(C(=O)C2C(=O)C(=O)N(CCC[NH+](C)C)C2c2ccccc2)cc1. The summed E-state index contributed by atoms with van der Waals surface area (Å²) in [5.74, 6) is -3.04. The average molecular weight is 473 g/mol. The summed E-state index contributed by atoms with van der Waals surface area (Å²) < 4.78 is 25.7. The number of carbonyl (C=O) groups excluding carboxylic acids is 3. The van der Waals surface area contributed by atoms with E-state index in [1.165, 1.54) is 48.2 Å². The molecule has 0 aliphatic carbocycles. The second kappa shape index (κ2) is 9.94. The number of Topliss-reactive ketones (excluding diaryl/α,β-unsaturated/α-hetero) is 2.